The topological polar surface area (TPSA) is 279 Å². The van der Waals surface area contributed by atoms with Gasteiger partial charge in [-0.05, 0) is 67.0 Å². The molecule has 0 spiro atoms. The third-order valence-electron chi connectivity index (χ3n) is 7.55. The lowest BCUT2D eigenvalue weighted by Crippen LogP contribution is -2.52. The first-order valence-corrected chi connectivity index (χ1v) is 17.4. The molecule has 0 fully saturated rings. The number of carbonyl (C=O) groups is 8. The maximum atomic E-state index is 13.8. The lowest BCUT2D eigenvalue weighted by molar-refractivity contribution is -0.188. The number of hydroxylamine groups is 3. The van der Waals surface area contributed by atoms with Crippen molar-refractivity contribution in [2.45, 2.75) is 95.7 Å². The average molecular weight is 789 g/mol. The molecular formula is C37H46N3O16. The molecule has 6 N–H and O–H groups in total. The van der Waals surface area contributed by atoms with Crippen LogP contribution in [0.5, 0.6) is 11.5 Å². The Morgan fingerprint density at radius 1 is 0.625 bits per heavy atom. The van der Waals surface area contributed by atoms with Gasteiger partial charge in [-0.3, -0.25) is 24.0 Å². The SMILES string of the molecule is CC(C)CC([CH]C(=O)OCc1ccc(ON[C@@H](C=O)CCC(=O)O)cc1)(ON[C@@H](C=O)CCC(=O)O)C(=O)OCc1ccc(ON[C@@H](C=O)CCC(=O)O)cc1. The van der Waals surface area contributed by atoms with Gasteiger partial charge in [-0.25, -0.2) is 4.79 Å². The molecule has 2 aromatic rings. The van der Waals surface area contributed by atoms with Crippen molar-refractivity contribution in [1.29, 1.82) is 0 Å². The fraction of sp³-hybridized carbons (Fsp3) is 0.432. The predicted molar refractivity (Wildman–Crippen MR) is 191 cm³/mol. The number of hydrogen-bond donors (Lipinski definition) is 6. The van der Waals surface area contributed by atoms with Crippen molar-refractivity contribution in [2.75, 3.05) is 0 Å². The summed E-state index contributed by atoms with van der Waals surface area (Å²) in [5, 5.41) is 26.7. The maximum Gasteiger partial charge on any atom is 0.341 e. The highest BCUT2D eigenvalue weighted by atomic mass is 16.7. The Morgan fingerprint density at radius 3 is 1.39 bits per heavy atom. The van der Waals surface area contributed by atoms with Gasteiger partial charge >= 0.3 is 29.8 Å². The highest BCUT2D eigenvalue weighted by molar-refractivity contribution is 5.92. The summed E-state index contributed by atoms with van der Waals surface area (Å²) >= 11 is 0. The Bertz CT molecular complexity index is 1600. The van der Waals surface area contributed by atoms with Crippen molar-refractivity contribution in [3.63, 3.8) is 0 Å². The molecule has 0 aliphatic carbocycles. The summed E-state index contributed by atoms with van der Waals surface area (Å²) in [7, 11) is 0. The Balaban J connectivity index is 2.15. The highest BCUT2D eigenvalue weighted by Gasteiger charge is 2.46. The summed E-state index contributed by atoms with van der Waals surface area (Å²) in [5.41, 5.74) is 6.14. The van der Waals surface area contributed by atoms with Crippen LogP contribution in [0.15, 0.2) is 48.5 Å². The van der Waals surface area contributed by atoms with E-state index in [1.807, 2.05) is 0 Å². The molecule has 19 nitrogen and oxygen atoms in total. The second-order valence-corrected chi connectivity index (χ2v) is 12.8. The minimum atomic E-state index is -2.17. The lowest BCUT2D eigenvalue weighted by Gasteiger charge is -2.32. The smallest absolute Gasteiger partial charge is 0.341 e. The van der Waals surface area contributed by atoms with Crippen molar-refractivity contribution in [3.8, 4) is 11.5 Å². The molecule has 305 valence electrons. The van der Waals surface area contributed by atoms with Gasteiger partial charge in [0.2, 0.25) is 5.60 Å². The van der Waals surface area contributed by atoms with Crippen molar-refractivity contribution in [3.05, 3.63) is 66.1 Å². The summed E-state index contributed by atoms with van der Waals surface area (Å²) in [6.45, 7) is 2.88. The van der Waals surface area contributed by atoms with Crippen LogP contribution >= 0.6 is 0 Å². The second kappa shape index (κ2) is 24.6. The molecule has 0 amide bonds. The number of carbonyl (C=O) groups excluding carboxylic acids is 5. The van der Waals surface area contributed by atoms with Crippen molar-refractivity contribution in [2.24, 2.45) is 5.92 Å². The van der Waals surface area contributed by atoms with Crippen LogP contribution in [0.3, 0.4) is 0 Å². The molecule has 0 aliphatic heterocycles. The molecule has 0 aliphatic rings. The zero-order chi connectivity index (χ0) is 41.5. The number of aliphatic carboxylic acids is 3. The predicted octanol–water partition coefficient (Wildman–Crippen LogP) is 2.05. The summed E-state index contributed by atoms with van der Waals surface area (Å²) in [5.74, 6) is -5.12. The third-order valence-corrected chi connectivity index (χ3v) is 7.55. The second-order valence-electron chi connectivity index (χ2n) is 12.8. The van der Waals surface area contributed by atoms with E-state index in [1.54, 1.807) is 38.1 Å². The summed E-state index contributed by atoms with van der Waals surface area (Å²) in [6.07, 6.45) is 1.07. The van der Waals surface area contributed by atoms with Gasteiger partial charge < -0.3 is 48.9 Å². The third kappa shape index (κ3) is 18.0. The molecule has 0 bridgehead atoms. The van der Waals surface area contributed by atoms with Gasteiger partial charge in [0, 0.05) is 19.3 Å². The highest BCUT2D eigenvalue weighted by Crippen LogP contribution is 2.28. The summed E-state index contributed by atoms with van der Waals surface area (Å²) in [6, 6.07) is 9.27. The molecule has 0 saturated heterocycles. The zero-order valence-electron chi connectivity index (χ0n) is 30.8. The van der Waals surface area contributed by atoms with Crippen LogP contribution in [0.25, 0.3) is 0 Å². The minimum Gasteiger partial charge on any atom is -0.481 e. The molecule has 4 atom stereocenters. The van der Waals surface area contributed by atoms with E-state index < -0.39 is 60.0 Å². The van der Waals surface area contributed by atoms with Gasteiger partial charge in [0.1, 0.15) is 50.0 Å². The van der Waals surface area contributed by atoms with Gasteiger partial charge in [0.05, 0.1) is 18.1 Å². The number of benzene rings is 2. The van der Waals surface area contributed by atoms with E-state index in [-0.39, 0.29) is 69.2 Å². The van der Waals surface area contributed by atoms with E-state index in [9.17, 15) is 38.4 Å². The number of aldehydes is 3. The van der Waals surface area contributed by atoms with Crippen LogP contribution in [-0.2, 0) is 65.9 Å². The fourth-order valence-corrected chi connectivity index (χ4v) is 4.65. The van der Waals surface area contributed by atoms with Crippen molar-refractivity contribution in [1.82, 2.24) is 16.4 Å². The van der Waals surface area contributed by atoms with E-state index in [0.717, 1.165) is 6.42 Å². The monoisotopic (exact) mass is 788 g/mol. The quantitative estimate of drug-likeness (QED) is 0.0375. The number of nitrogens with one attached hydrogen (secondary N) is 3. The number of carboxylic acids is 3. The van der Waals surface area contributed by atoms with E-state index in [2.05, 4.69) is 16.4 Å². The summed E-state index contributed by atoms with van der Waals surface area (Å²) < 4.78 is 11.0. The number of hydrogen-bond acceptors (Lipinski definition) is 16. The number of esters is 2. The molecule has 2 rings (SSSR count). The van der Waals surface area contributed by atoms with Crippen LogP contribution < -0.4 is 26.1 Å². The molecular weight excluding hydrogens is 742 g/mol. The van der Waals surface area contributed by atoms with E-state index in [1.165, 1.54) is 24.3 Å². The fourth-order valence-electron chi connectivity index (χ4n) is 4.65. The Morgan fingerprint density at radius 2 is 1.02 bits per heavy atom. The van der Waals surface area contributed by atoms with Crippen LogP contribution in [0.1, 0.15) is 69.9 Å². The van der Waals surface area contributed by atoms with Crippen LogP contribution in [-0.4, -0.2) is 87.8 Å². The number of rotatable bonds is 30. The van der Waals surface area contributed by atoms with Crippen molar-refractivity contribution < 1.29 is 77.7 Å². The molecule has 0 saturated carbocycles. The first-order chi connectivity index (χ1) is 26.7. The molecule has 1 radical (unpaired) electrons. The molecule has 0 aromatic heterocycles. The number of ether oxygens (including phenoxy) is 2. The maximum absolute atomic E-state index is 13.8. The van der Waals surface area contributed by atoms with Crippen LogP contribution in [0, 0.1) is 12.3 Å². The zero-order valence-corrected chi connectivity index (χ0v) is 30.8. The molecule has 2 aromatic carbocycles. The average Bonchev–Trinajstić information content (AvgIpc) is 3.16. The van der Waals surface area contributed by atoms with Gasteiger partial charge in [-0.15, -0.1) is 11.0 Å². The first kappa shape index (κ1) is 46.4. The first-order valence-electron chi connectivity index (χ1n) is 17.4. The lowest BCUT2D eigenvalue weighted by atomic mass is 9.89. The largest absolute Gasteiger partial charge is 0.481 e. The normalized spacial score (nSPS) is 13.6. The van der Waals surface area contributed by atoms with E-state index >= 15 is 0 Å². The Hall–Kier alpha value is -5.76. The van der Waals surface area contributed by atoms with Crippen LogP contribution in [0.2, 0.25) is 0 Å². The van der Waals surface area contributed by atoms with E-state index in [0.29, 0.717) is 30.0 Å². The summed E-state index contributed by atoms with van der Waals surface area (Å²) in [4.78, 5) is 110. The van der Waals surface area contributed by atoms with E-state index in [4.69, 9.17) is 39.3 Å². The van der Waals surface area contributed by atoms with Gasteiger partial charge in [0.15, 0.2) is 0 Å². The van der Waals surface area contributed by atoms with Gasteiger partial charge in [0.25, 0.3) is 0 Å². The number of carboxylic acid groups (broad SMARTS) is 3. The van der Waals surface area contributed by atoms with Crippen molar-refractivity contribution >= 4 is 48.7 Å². The molecule has 56 heavy (non-hydrogen) atoms. The molecule has 0 heterocycles. The van der Waals surface area contributed by atoms with Gasteiger partial charge in [-0.1, -0.05) is 38.1 Å². The van der Waals surface area contributed by atoms with Crippen LogP contribution in [0.4, 0.5) is 0 Å². The Labute approximate surface area is 321 Å². The standard InChI is InChI=1S/C37H46N3O16/c1-24(2)17-37(56-40-29(21-43)9-16-34(48)49,36(51)53-23-26-5-12-31(13-6-26)55-39-28(20-42)8-15-33(46)47)18-35(50)52-22-25-3-10-30(11-4-25)54-38-27(19-41)7-14-32(44)45/h3-6,10-13,18-21,24,27-29,38-40H,7-9,14-17,22-23H2,1-2H3,(H,44,45)(H,46,47)(H,48,49)/t27-,28-,29-,37?/m1/s1. The molecule has 1 unspecified atom stereocenters. The van der Waals surface area contributed by atoms with Gasteiger partial charge in [-0.2, -0.15) is 5.48 Å². The Kier molecular flexibility index (Phi) is 20.4. The molecule has 19 heteroatoms. The minimum absolute atomic E-state index is 0.00454.